The van der Waals surface area contributed by atoms with Crippen molar-refractivity contribution >= 4 is 65.0 Å². The van der Waals surface area contributed by atoms with Crippen molar-refractivity contribution in [2.45, 2.75) is 72.3 Å². The van der Waals surface area contributed by atoms with E-state index in [1.165, 1.54) is 12.8 Å². The lowest BCUT2D eigenvalue weighted by molar-refractivity contribution is 0.262. The quantitative estimate of drug-likeness (QED) is 0.155. The average Bonchev–Trinajstić information content (AvgIpc) is 3.11. The van der Waals surface area contributed by atoms with E-state index >= 15 is 0 Å². The summed E-state index contributed by atoms with van der Waals surface area (Å²) in [5.74, 6) is 1.50. The third kappa shape index (κ3) is 5.35. The van der Waals surface area contributed by atoms with Crippen molar-refractivity contribution in [1.29, 1.82) is 0 Å². The highest BCUT2D eigenvalue weighted by atomic mass is 79.9. The number of aryl methyl sites for hydroxylation is 1. The minimum atomic E-state index is 0.665. The first kappa shape index (κ1) is 25.2. The molecular weight excluding hydrogens is 558 g/mol. The molecule has 0 spiro atoms. The van der Waals surface area contributed by atoms with Gasteiger partial charge in [0.2, 0.25) is 0 Å². The Labute approximate surface area is 218 Å². The van der Waals surface area contributed by atoms with E-state index in [0.717, 1.165) is 92.2 Å². The molecule has 4 rings (SSSR count). The minimum Gasteiger partial charge on any atom is -0.490 e. The Balaban J connectivity index is 1.89. The Kier molecular flexibility index (Phi) is 8.70. The molecule has 0 saturated heterocycles. The highest BCUT2D eigenvalue weighted by molar-refractivity contribution is 9.11. The van der Waals surface area contributed by atoms with Crippen LogP contribution in [-0.2, 0) is 6.54 Å². The van der Waals surface area contributed by atoms with Gasteiger partial charge in [0.25, 0.3) is 0 Å². The fourth-order valence-corrected chi connectivity index (χ4v) is 5.61. The number of benzene rings is 2. The Morgan fingerprint density at radius 3 is 2.00 bits per heavy atom. The lowest BCUT2D eigenvalue weighted by Crippen LogP contribution is -2.04. The van der Waals surface area contributed by atoms with E-state index in [0.29, 0.717) is 13.2 Å². The number of hydrogen-bond donors (Lipinski definition) is 0. The van der Waals surface area contributed by atoms with Gasteiger partial charge in [-0.1, -0.05) is 62.4 Å². The second-order valence-corrected chi connectivity index (χ2v) is 10.5. The summed E-state index contributed by atoms with van der Waals surface area (Å²) < 4.78 is 16.6. The third-order valence-electron chi connectivity index (χ3n) is 6.02. The Morgan fingerprint density at radius 1 is 0.765 bits per heavy atom. The lowest BCUT2D eigenvalue weighted by atomic mass is 10.2. The Hall–Kier alpha value is -1.86. The number of unbranched alkanes of at least 4 members (excludes halogenated alkanes) is 4. The number of rotatable bonds is 12. The van der Waals surface area contributed by atoms with Crippen LogP contribution in [0.5, 0.6) is 11.5 Å². The number of fused-ring (bicyclic) bond motifs is 4. The van der Waals surface area contributed by atoms with E-state index in [-0.39, 0.29) is 0 Å². The van der Waals surface area contributed by atoms with Gasteiger partial charge in [-0.15, -0.1) is 0 Å². The highest BCUT2D eigenvalue weighted by Gasteiger charge is 2.19. The average molecular weight is 591 g/mol. The first-order valence-electron chi connectivity index (χ1n) is 12.5. The maximum Gasteiger partial charge on any atom is 0.163 e. The van der Waals surface area contributed by atoms with Crippen molar-refractivity contribution in [3.05, 3.63) is 33.2 Å². The summed E-state index contributed by atoms with van der Waals surface area (Å²) in [6, 6.07) is 8.22. The largest absolute Gasteiger partial charge is 0.490 e. The molecule has 182 valence electrons. The third-order valence-corrected chi connectivity index (χ3v) is 7.08. The molecule has 2 aromatic carbocycles. The Morgan fingerprint density at radius 2 is 1.38 bits per heavy atom. The van der Waals surface area contributed by atoms with Crippen LogP contribution in [0.3, 0.4) is 0 Å². The molecule has 0 N–H and O–H groups in total. The van der Waals surface area contributed by atoms with Crippen molar-refractivity contribution in [3.8, 4) is 11.5 Å². The molecule has 0 aliphatic heterocycles. The maximum atomic E-state index is 6.12. The van der Waals surface area contributed by atoms with E-state index in [2.05, 4.69) is 69.3 Å². The van der Waals surface area contributed by atoms with Crippen LogP contribution in [-0.4, -0.2) is 27.7 Å². The first-order valence-corrected chi connectivity index (χ1v) is 14.0. The van der Waals surface area contributed by atoms with Crippen molar-refractivity contribution in [2.24, 2.45) is 0 Å². The zero-order valence-electron chi connectivity index (χ0n) is 20.3. The molecule has 0 bridgehead atoms. The van der Waals surface area contributed by atoms with Crippen LogP contribution >= 0.6 is 31.9 Å². The number of halogens is 2. The van der Waals surface area contributed by atoms with E-state index in [1.54, 1.807) is 0 Å². The summed E-state index contributed by atoms with van der Waals surface area (Å²) >= 11 is 7.44. The summed E-state index contributed by atoms with van der Waals surface area (Å²) in [5.41, 5.74) is 4.63. The van der Waals surface area contributed by atoms with Gasteiger partial charge in [0.05, 0.1) is 29.8 Å². The van der Waals surface area contributed by atoms with E-state index in [4.69, 9.17) is 19.4 Å². The minimum absolute atomic E-state index is 0.665. The highest BCUT2D eigenvalue weighted by Crippen LogP contribution is 2.38. The standard InChI is InChI=1S/C27H33Br2N3O2/c1-4-7-10-11-32-26-19(14-18(28)15-20(26)29)25-27(32)31-22-17-24(34-13-9-6-3)23(16-21(22)30-25)33-12-8-5-2/h14-17H,4-13H2,1-3H3. The second kappa shape index (κ2) is 11.7. The predicted molar refractivity (Wildman–Crippen MR) is 148 cm³/mol. The smallest absolute Gasteiger partial charge is 0.163 e. The van der Waals surface area contributed by atoms with Crippen molar-refractivity contribution in [2.75, 3.05) is 13.2 Å². The fraction of sp³-hybridized carbons (Fsp3) is 0.481. The van der Waals surface area contributed by atoms with Crippen molar-refractivity contribution in [1.82, 2.24) is 14.5 Å². The van der Waals surface area contributed by atoms with Crippen LogP contribution in [0.25, 0.3) is 33.1 Å². The molecule has 2 heterocycles. The molecule has 7 heteroatoms. The monoisotopic (exact) mass is 589 g/mol. The van der Waals surface area contributed by atoms with Gasteiger partial charge in [0.1, 0.15) is 5.52 Å². The van der Waals surface area contributed by atoms with Gasteiger partial charge >= 0.3 is 0 Å². The van der Waals surface area contributed by atoms with Gasteiger partial charge in [0.15, 0.2) is 17.1 Å². The molecule has 34 heavy (non-hydrogen) atoms. The molecule has 0 atom stereocenters. The van der Waals surface area contributed by atoms with Gasteiger partial charge in [-0.25, -0.2) is 9.97 Å². The van der Waals surface area contributed by atoms with Crippen LogP contribution in [0.15, 0.2) is 33.2 Å². The molecule has 0 saturated carbocycles. The molecular formula is C27H33Br2N3O2. The van der Waals surface area contributed by atoms with Crippen molar-refractivity contribution in [3.63, 3.8) is 0 Å². The summed E-state index contributed by atoms with van der Waals surface area (Å²) in [6.45, 7) is 8.80. The molecule has 0 fully saturated rings. The SMILES string of the molecule is CCCCCn1c2nc3cc(OCCCC)c(OCCCC)cc3nc2c2cc(Br)cc(Br)c21. The van der Waals surface area contributed by atoms with E-state index < -0.39 is 0 Å². The second-order valence-electron chi connectivity index (χ2n) is 8.73. The molecule has 0 unspecified atom stereocenters. The van der Waals surface area contributed by atoms with Crippen LogP contribution in [0, 0.1) is 0 Å². The lowest BCUT2D eigenvalue weighted by Gasteiger charge is -2.14. The Bertz CT molecular complexity index is 1290. The van der Waals surface area contributed by atoms with Gasteiger partial charge in [0, 0.05) is 33.0 Å². The summed E-state index contributed by atoms with van der Waals surface area (Å²) in [7, 11) is 0. The van der Waals surface area contributed by atoms with E-state index in [1.807, 2.05) is 12.1 Å². The van der Waals surface area contributed by atoms with Gasteiger partial charge in [-0.3, -0.25) is 0 Å². The molecule has 5 nitrogen and oxygen atoms in total. The molecule has 2 aromatic heterocycles. The predicted octanol–water partition coefficient (Wildman–Crippen LogP) is 8.81. The van der Waals surface area contributed by atoms with Gasteiger partial charge in [-0.05, 0) is 47.3 Å². The normalized spacial score (nSPS) is 11.7. The van der Waals surface area contributed by atoms with E-state index in [9.17, 15) is 0 Å². The number of ether oxygens (including phenoxy) is 2. The first-order chi connectivity index (χ1) is 16.6. The molecule has 0 amide bonds. The zero-order valence-corrected chi connectivity index (χ0v) is 23.5. The fourth-order valence-electron chi connectivity index (χ4n) is 4.17. The maximum absolute atomic E-state index is 6.12. The van der Waals surface area contributed by atoms with Crippen LogP contribution < -0.4 is 9.47 Å². The molecule has 0 aliphatic rings. The molecule has 0 aliphatic carbocycles. The zero-order chi connectivity index (χ0) is 24.1. The molecule has 0 radical (unpaired) electrons. The van der Waals surface area contributed by atoms with Gasteiger partial charge in [-0.2, -0.15) is 0 Å². The van der Waals surface area contributed by atoms with Crippen LogP contribution in [0.2, 0.25) is 0 Å². The summed E-state index contributed by atoms with van der Waals surface area (Å²) in [6.07, 6.45) is 7.65. The van der Waals surface area contributed by atoms with Crippen LogP contribution in [0.1, 0.15) is 65.7 Å². The number of hydrogen-bond acceptors (Lipinski definition) is 4. The summed E-state index contributed by atoms with van der Waals surface area (Å²) in [4.78, 5) is 10.2. The number of aromatic nitrogens is 3. The molecule has 4 aromatic rings. The number of nitrogens with zero attached hydrogens (tertiary/aromatic N) is 3. The topological polar surface area (TPSA) is 49.2 Å². The van der Waals surface area contributed by atoms with Crippen LogP contribution in [0.4, 0.5) is 0 Å². The van der Waals surface area contributed by atoms with Crippen molar-refractivity contribution < 1.29 is 9.47 Å². The van der Waals surface area contributed by atoms with Gasteiger partial charge < -0.3 is 14.0 Å². The summed E-state index contributed by atoms with van der Waals surface area (Å²) in [5, 5.41) is 1.10.